The van der Waals surface area contributed by atoms with E-state index in [9.17, 15) is 0 Å². The summed E-state index contributed by atoms with van der Waals surface area (Å²) in [5.74, 6) is 0.228. The third-order valence-electron chi connectivity index (χ3n) is 2.72. The number of fused-ring (bicyclic) bond motifs is 1. The zero-order valence-electron chi connectivity index (χ0n) is 10.4. The van der Waals surface area contributed by atoms with Gasteiger partial charge in [-0.15, -0.1) is 15.3 Å². The maximum Gasteiger partial charge on any atom is 0.216 e. The van der Waals surface area contributed by atoms with Crippen LogP contribution in [0.3, 0.4) is 0 Å². The largest absolute Gasteiger partial charge is 0.358 e. The molecular weight excluding hydrogens is 258 g/mol. The molecule has 2 N–H and O–H groups in total. The molecular formula is C11H9N9. The average Bonchev–Trinajstić information content (AvgIpc) is 3.11. The summed E-state index contributed by atoms with van der Waals surface area (Å²) in [7, 11) is 1.81. The maximum absolute atomic E-state index is 9.08. The van der Waals surface area contributed by atoms with E-state index in [1.54, 1.807) is 4.68 Å². The summed E-state index contributed by atoms with van der Waals surface area (Å²) in [6.45, 7) is 0. The molecule has 0 atom stereocenters. The zero-order chi connectivity index (χ0) is 13.9. The first-order valence-corrected chi connectivity index (χ1v) is 5.68. The van der Waals surface area contributed by atoms with Crippen molar-refractivity contribution in [2.75, 3.05) is 5.32 Å². The molecule has 0 aliphatic heterocycles. The van der Waals surface area contributed by atoms with E-state index in [4.69, 9.17) is 5.26 Å². The molecule has 0 radical (unpaired) electrons. The topological polar surface area (TPSA) is 121 Å². The summed E-state index contributed by atoms with van der Waals surface area (Å²) < 4.78 is 1.68. The fourth-order valence-corrected chi connectivity index (χ4v) is 1.75. The molecule has 0 spiro atoms. The first-order valence-electron chi connectivity index (χ1n) is 5.68. The molecule has 98 valence electrons. The average molecular weight is 267 g/mol. The molecule has 0 bridgehead atoms. The number of nitriles is 1. The van der Waals surface area contributed by atoms with E-state index in [1.807, 2.05) is 31.3 Å². The highest BCUT2D eigenvalue weighted by atomic mass is 15.5. The molecule has 3 rings (SSSR count). The predicted octanol–water partition coefficient (Wildman–Crippen LogP) is 0.458. The molecule has 2 heterocycles. The van der Waals surface area contributed by atoms with Gasteiger partial charge in [0.1, 0.15) is 17.2 Å². The minimum Gasteiger partial charge on any atom is -0.358 e. The summed E-state index contributed by atoms with van der Waals surface area (Å²) >= 11 is 0. The van der Waals surface area contributed by atoms with Gasteiger partial charge in [0.05, 0.1) is 11.2 Å². The Hall–Kier alpha value is -3.28. The van der Waals surface area contributed by atoms with E-state index in [-0.39, 0.29) is 11.4 Å². The van der Waals surface area contributed by atoms with Crippen molar-refractivity contribution in [2.45, 2.75) is 0 Å². The number of H-pyrrole nitrogens is 1. The van der Waals surface area contributed by atoms with Crippen molar-refractivity contribution in [3.05, 3.63) is 30.2 Å². The van der Waals surface area contributed by atoms with Crippen molar-refractivity contribution in [3.63, 3.8) is 0 Å². The van der Waals surface area contributed by atoms with Gasteiger partial charge in [-0.1, -0.05) is 11.3 Å². The Labute approximate surface area is 112 Å². The number of rotatable bonds is 3. The molecule has 2 aromatic heterocycles. The highest BCUT2D eigenvalue weighted by Gasteiger charge is 2.08. The summed E-state index contributed by atoms with van der Waals surface area (Å²) in [5.41, 5.74) is 2.62. The molecule has 20 heavy (non-hydrogen) atoms. The quantitative estimate of drug-likeness (QED) is 0.661. The molecule has 0 unspecified atom stereocenters. The number of tetrazole rings is 1. The van der Waals surface area contributed by atoms with Crippen LogP contribution in [0.25, 0.3) is 16.6 Å². The van der Waals surface area contributed by atoms with Gasteiger partial charge < -0.3 is 5.32 Å². The van der Waals surface area contributed by atoms with Gasteiger partial charge in [-0.05, 0) is 17.3 Å². The fourth-order valence-electron chi connectivity index (χ4n) is 1.75. The van der Waals surface area contributed by atoms with Gasteiger partial charge in [-0.2, -0.15) is 10.5 Å². The highest BCUT2D eigenvalue weighted by molar-refractivity contribution is 5.89. The number of aryl methyl sites for hydroxylation is 1. The van der Waals surface area contributed by atoms with Crippen LogP contribution in [0, 0.1) is 11.3 Å². The van der Waals surface area contributed by atoms with Crippen molar-refractivity contribution in [3.8, 4) is 6.07 Å². The van der Waals surface area contributed by atoms with Crippen LogP contribution in [-0.2, 0) is 7.05 Å². The van der Waals surface area contributed by atoms with E-state index in [2.05, 4.69) is 36.3 Å². The second-order valence-corrected chi connectivity index (χ2v) is 3.94. The number of hydrogen-bond donors (Lipinski definition) is 2. The standard InChI is InChI=1S/C11H9N9/c1-20-9-4-2-3-8(10(9)14-19-20)13-6-7(5-12)11-15-17-18-16-11/h2-4,6,13H,1H3,(H,15,16,17,18). The van der Waals surface area contributed by atoms with Crippen LogP contribution in [-0.4, -0.2) is 35.6 Å². The van der Waals surface area contributed by atoms with Crippen molar-refractivity contribution in [1.29, 1.82) is 5.26 Å². The van der Waals surface area contributed by atoms with Crippen LogP contribution >= 0.6 is 0 Å². The van der Waals surface area contributed by atoms with Crippen LogP contribution in [0.1, 0.15) is 5.82 Å². The van der Waals surface area contributed by atoms with Gasteiger partial charge in [0.2, 0.25) is 5.82 Å². The van der Waals surface area contributed by atoms with Crippen molar-refractivity contribution < 1.29 is 0 Å². The number of allylic oxidation sites excluding steroid dienone is 1. The number of nitrogens with one attached hydrogen (secondary N) is 2. The Morgan fingerprint density at radius 3 is 3.10 bits per heavy atom. The Morgan fingerprint density at radius 1 is 1.45 bits per heavy atom. The first-order chi connectivity index (χ1) is 9.79. The second-order valence-electron chi connectivity index (χ2n) is 3.94. The monoisotopic (exact) mass is 267 g/mol. The minimum absolute atomic E-state index is 0.228. The van der Waals surface area contributed by atoms with Crippen LogP contribution in [0.2, 0.25) is 0 Å². The van der Waals surface area contributed by atoms with E-state index in [0.29, 0.717) is 0 Å². The molecule has 0 fully saturated rings. The summed E-state index contributed by atoms with van der Waals surface area (Å²) in [6, 6.07) is 7.63. The lowest BCUT2D eigenvalue weighted by atomic mass is 10.2. The van der Waals surface area contributed by atoms with Gasteiger partial charge in [0.15, 0.2) is 0 Å². The molecule has 0 aliphatic carbocycles. The van der Waals surface area contributed by atoms with Crippen LogP contribution in [0.4, 0.5) is 5.69 Å². The fraction of sp³-hybridized carbons (Fsp3) is 0.0909. The van der Waals surface area contributed by atoms with Gasteiger partial charge in [-0.3, -0.25) is 0 Å². The van der Waals surface area contributed by atoms with Gasteiger partial charge in [0.25, 0.3) is 0 Å². The third-order valence-corrected chi connectivity index (χ3v) is 2.72. The number of benzene rings is 1. The lowest BCUT2D eigenvalue weighted by molar-refractivity contribution is 0.736. The van der Waals surface area contributed by atoms with Crippen LogP contribution < -0.4 is 5.32 Å². The van der Waals surface area contributed by atoms with Crippen molar-refractivity contribution in [1.82, 2.24) is 35.6 Å². The minimum atomic E-state index is 0.228. The molecule has 9 heteroatoms. The van der Waals surface area contributed by atoms with E-state index >= 15 is 0 Å². The lowest BCUT2D eigenvalue weighted by Gasteiger charge is -2.01. The summed E-state index contributed by atoms with van der Waals surface area (Å²) in [4.78, 5) is 0. The molecule has 0 saturated carbocycles. The van der Waals surface area contributed by atoms with Crippen molar-refractivity contribution >= 4 is 22.3 Å². The third kappa shape index (κ3) is 1.95. The lowest BCUT2D eigenvalue weighted by Crippen LogP contribution is -1.94. The van der Waals surface area contributed by atoms with E-state index in [0.717, 1.165) is 16.7 Å². The normalized spacial score (nSPS) is 11.5. The Morgan fingerprint density at radius 2 is 2.35 bits per heavy atom. The number of hydrogen-bond acceptors (Lipinski definition) is 7. The Balaban J connectivity index is 1.96. The SMILES string of the molecule is Cn1nnc2c(NC=C(C#N)c3nn[nH]n3)cccc21. The second kappa shape index (κ2) is 4.77. The number of aromatic amines is 1. The van der Waals surface area contributed by atoms with Gasteiger partial charge in [-0.25, -0.2) is 4.68 Å². The number of aromatic nitrogens is 7. The zero-order valence-corrected chi connectivity index (χ0v) is 10.4. The van der Waals surface area contributed by atoms with Gasteiger partial charge >= 0.3 is 0 Å². The van der Waals surface area contributed by atoms with Gasteiger partial charge in [0, 0.05) is 13.2 Å². The van der Waals surface area contributed by atoms with E-state index in [1.165, 1.54) is 6.20 Å². The Bertz CT molecular complexity index is 806. The molecule has 0 amide bonds. The maximum atomic E-state index is 9.08. The highest BCUT2D eigenvalue weighted by Crippen LogP contribution is 2.20. The molecule has 3 aromatic rings. The summed E-state index contributed by atoms with van der Waals surface area (Å²) in [5, 5.41) is 33.4. The van der Waals surface area contributed by atoms with E-state index < -0.39 is 0 Å². The van der Waals surface area contributed by atoms with Crippen LogP contribution in [0.15, 0.2) is 24.4 Å². The van der Waals surface area contributed by atoms with Crippen LogP contribution in [0.5, 0.6) is 0 Å². The molecule has 9 nitrogen and oxygen atoms in total. The molecule has 0 aliphatic rings. The number of anilines is 1. The first kappa shape index (κ1) is 11.8. The Kier molecular flexibility index (Phi) is 2.81. The molecule has 0 saturated heterocycles. The number of nitrogens with zero attached hydrogens (tertiary/aromatic N) is 7. The smallest absolute Gasteiger partial charge is 0.216 e. The molecule has 1 aromatic carbocycles. The summed E-state index contributed by atoms with van der Waals surface area (Å²) in [6.07, 6.45) is 1.51. The van der Waals surface area contributed by atoms with Crippen molar-refractivity contribution in [2.24, 2.45) is 7.05 Å². The predicted molar refractivity (Wildman–Crippen MR) is 69.9 cm³/mol.